The first-order valence-corrected chi connectivity index (χ1v) is 5.78. The number of carbonyl (C=O) groups is 1. The monoisotopic (exact) mass is 297 g/mol. The minimum atomic E-state index is -4.77. The molecule has 1 N–H and O–H groups in total. The van der Waals surface area contributed by atoms with E-state index in [-0.39, 0.29) is 11.3 Å². The number of aromatic nitrogens is 1. The fraction of sp³-hybridized carbons (Fsp3) is 0.143. The number of aromatic carboxylic acids is 1. The van der Waals surface area contributed by atoms with Gasteiger partial charge in [0, 0.05) is 11.8 Å². The molecule has 0 saturated carbocycles. The van der Waals surface area contributed by atoms with Gasteiger partial charge in [0.25, 0.3) is 0 Å². The Morgan fingerprint density at radius 2 is 2.00 bits per heavy atom. The zero-order valence-corrected chi connectivity index (χ0v) is 10.8. The summed E-state index contributed by atoms with van der Waals surface area (Å²) in [7, 11) is 1.37. The van der Waals surface area contributed by atoms with Crippen molar-refractivity contribution >= 4 is 5.97 Å². The van der Waals surface area contributed by atoms with E-state index < -0.39 is 23.3 Å². The maximum Gasteiger partial charge on any atom is 0.417 e. The minimum absolute atomic E-state index is 0.129. The standard InChI is InChI=1S/C14H10F3NO3/c1-21-11-3-2-6-18-12(11)8-4-5-9(13(19)20)10(7-8)14(15,16)17/h2-7H,1H3,(H,19,20). The Morgan fingerprint density at radius 3 is 2.57 bits per heavy atom. The number of ether oxygens (including phenoxy) is 1. The second-order valence-electron chi connectivity index (χ2n) is 4.12. The van der Waals surface area contributed by atoms with Crippen LogP contribution < -0.4 is 4.74 Å². The second kappa shape index (κ2) is 5.43. The van der Waals surface area contributed by atoms with E-state index in [0.717, 1.165) is 12.1 Å². The zero-order valence-electron chi connectivity index (χ0n) is 10.8. The van der Waals surface area contributed by atoms with Gasteiger partial charge in [-0.05, 0) is 24.3 Å². The molecule has 2 aromatic rings. The van der Waals surface area contributed by atoms with Gasteiger partial charge in [-0.1, -0.05) is 6.07 Å². The van der Waals surface area contributed by atoms with Gasteiger partial charge in [0.05, 0.1) is 18.2 Å². The van der Waals surface area contributed by atoms with Crippen LogP contribution in [0.2, 0.25) is 0 Å². The lowest BCUT2D eigenvalue weighted by Gasteiger charge is -2.13. The van der Waals surface area contributed by atoms with E-state index in [1.807, 2.05) is 0 Å². The molecule has 0 aliphatic heterocycles. The molecule has 110 valence electrons. The number of rotatable bonds is 3. The first-order valence-electron chi connectivity index (χ1n) is 5.78. The number of alkyl halides is 3. The average Bonchev–Trinajstić information content (AvgIpc) is 2.45. The third kappa shape index (κ3) is 2.96. The van der Waals surface area contributed by atoms with Gasteiger partial charge in [-0.25, -0.2) is 4.79 Å². The van der Waals surface area contributed by atoms with E-state index in [0.29, 0.717) is 5.75 Å². The molecule has 0 spiro atoms. The van der Waals surface area contributed by atoms with E-state index in [1.54, 1.807) is 12.1 Å². The van der Waals surface area contributed by atoms with Crippen LogP contribution in [0.1, 0.15) is 15.9 Å². The maximum absolute atomic E-state index is 13.0. The summed E-state index contributed by atoms with van der Waals surface area (Å²) in [6.45, 7) is 0. The largest absolute Gasteiger partial charge is 0.494 e. The van der Waals surface area contributed by atoms with Crippen LogP contribution in [0.5, 0.6) is 5.75 Å². The molecule has 1 aromatic carbocycles. The third-order valence-electron chi connectivity index (χ3n) is 2.82. The zero-order chi connectivity index (χ0) is 15.6. The molecule has 0 atom stereocenters. The molecular weight excluding hydrogens is 287 g/mol. The van der Waals surface area contributed by atoms with E-state index in [4.69, 9.17) is 9.84 Å². The Kier molecular flexibility index (Phi) is 3.84. The molecule has 0 fully saturated rings. The molecule has 0 saturated heterocycles. The Bertz CT molecular complexity index is 683. The average molecular weight is 297 g/mol. The third-order valence-corrected chi connectivity index (χ3v) is 2.82. The van der Waals surface area contributed by atoms with Crippen LogP contribution in [0.3, 0.4) is 0 Å². The number of pyridine rings is 1. The predicted molar refractivity (Wildman–Crippen MR) is 68.2 cm³/mol. The van der Waals surface area contributed by atoms with Gasteiger partial charge >= 0.3 is 12.1 Å². The van der Waals surface area contributed by atoms with Crippen molar-refractivity contribution in [3.8, 4) is 17.0 Å². The van der Waals surface area contributed by atoms with Crippen molar-refractivity contribution in [1.82, 2.24) is 4.98 Å². The lowest BCUT2D eigenvalue weighted by molar-refractivity contribution is -0.138. The predicted octanol–water partition coefficient (Wildman–Crippen LogP) is 3.47. The summed E-state index contributed by atoms with van der Waals surface area (Å²) in [4.78, 5) is 14.9. The molecule has 0 aliphatic rings. The number of benzene rings is 1. The first kappa shape index (κ1) is 14.8. The number of halogens is 3. The normalized spacial score (nSPS) is 11.2. The number of carboxylic acid groups (broad SMARTS) is 1. The summed E-state index contributed by atoms with van der Waals surface area (Å²) in [6, 6.07) is 6.08. The second-order valence-corrected chi connectivity index (χ2v) is 4.12. The maximum atomic E-state index is 13.0. The van der Waals surface area contributed by atoms with Gasteiger partial charge in [0.15, 0.2) is 0 Å². The Morgan fingerprint density at radius 1 is 1.29 bits per heavy atom. The number of nitrogens with zero attached hydrogens (tertiary/aromatic N) is 1. The van der Waals surface area contributed by atoms with Crippen molar-refractivity contribution in [1.29, 1.82) is 0 Å². The van der Waals surface area contributed by atoms with Crippen molar-refractivity contribution in [3.63, 3.8) is 0 Å². The molecule has 4 nitrogen and oxygen atoms in total. The minimum Gasteiger partial charge on any atom is -0.494 e. The van der Waals surface area contributed by atoms with Gasteiger partial charge < -0.3 is 9.84 Å². The highest BCUT2D eigenvalue weighted by atomic mass is 19.4. The van der Waals surface area contributed by atoms with Crippen molar-refractivity contribution < 1.29 is 27.8 Å². The van der Waals surface area contributed by atoms with Crippen LogP contribution in [0.4, 0.5) is 13.2 Å². The van der Waals surface area contributed by atoms with E-state index in [2.05, 4.69) is 4.98 Å². The molecule has 1 heterocycles. The summed E-state index contributed by atoms with van der Waals surface area (Å²) in [6.07, 6.45) is -3.36. The first-order chi connectivity index (χ1) is 9.84. The highest BCUT2D eigenvalue weighted by Crippen LogP contribution is 2.36. The fourth-order valence-electron chi connectivity index (χ4n) is 1.88. The SMILES string of the molecule is COc1cccnc1-c1ccc(C(=O)O)c(C(F)(F)F)c1. The summed E-state index contributed by atoms with van der Waals surface area (Å²) >= 11 is 0. The molecule has 0 amide bonds. The van der Waals surface area contributed by atoms with Crippen LogP contribution >= 0.6 is 0 Å². The summed E-state index contributed by atoms with van der Waals surface area (Å²) in [5.41, 5.74) is -1.69. The number of carboxylic acids is 1. The van der Waals surface area contributed by atoms with Crippen LogP contribution in [-0.4, -0.2) is 23.2 Å². The highest BCUT2D eigenvalue weighted by molar-refractivity contribution is 5.90. The van der Waals surface area contributed by atoms with Gasteiger partial charge in [-0.3, -0.25) is 4.98 Å². The summed E-state index contributed by atoms with van der Waals surface area (Å²) in [5.74, 6) is -1.34. The number of hydrogen-bond acceptors (Lipinski definition) is 3. The van der Waals surface area contributed by atoms with Crippen LogP contribution in [0.15, 0.2) is 36.5 Å². The fourth-order valence-corrected chi connectivity index (χ4v) is 1.88. The van der Waals surface area contributed by atoms with Crippen molar-refractivity contribution in [2.75, 3.05) is 7.11 Å². The van der Waals surface area contributed by atoms with E-state index in [9.17, 15) is 18.0 Å². The summed E-state index contributed by atoms with van der Waals surface area (Å²) < 4.78 is 44.0. The van der Waals surface area contributed by atoms with Crippen LogP contribution in [-0.2, 0) is 6.18 Å². The van der Waals surface area contributed by atoms with E-state index in [1.165, 1.54) is 19.4 Å². The Hall–Kier alpha value is -2.57. The molecule has 2 rings (SSSR count). The Balaban J connectivity index is 2.65. The van der Waals surface area contributed by atoms with Gasteiger partial charge in [-0.15, -0.1) is 0 Å². The quantitative estimate of drug-likeness (QED) is 0.942. The topological polar surface area (TPSA) is 59.4 Å². The van der Waals surface area contributed by atoms with Crippen molar-refractivity contribution in [2.45, 2.75) is 6.18 Å². The molecule has 0 radical (unpaired) electrons. The van der Waals surface area contributed by atoms with Gasteiger partial charge in [-0.2, -0.15) is 13.2 Å². The van der Waals surface area contributed by atoms with Gasteiger partial charge in [0.1, 0.15) is 11.4 Å². The number of hydrogen-bond donors (Lipinski definition) is 1. The molecular formula is C14H10F3NO3. The lowest BCUT2D eigenvalue weighted by atomic mass is 10.0. The number of methoxy groups -OCH3 is 1. The van der Waals surface area contributed by atoms with Crippen molar-refractivity contribution in [3.05, 3.63) is 47.7 Å². The van der Waals surface area contributed by atoms with Crippen LogP contribution in [0, 0.1) is 0 Å². The highest BCUT2D eigenvalue weighted by Gasteiger charge is 2.35. The molecule has 0 bridgehead atoms. The summed E-state index contributed by atoms with van der Waals surface area (Å²) in [5, 5.41) is 8.85. The lowest BCUT2D eigenvalue weighted by Crippen LogP contribution is -2.13. The van der Waals surface area contributed by atoms with Gasteiger partial charge in [0.2, 0.25) is 0 Å². The molecule has 0 unspecified atom stereocenters. The van der Waals surface area contributed by atoms with E-state index >= 15 is 0 Å². The molecule has 1 aromatic heterocycles. The molecule has 0 aliphatic carbocycles. The molecule has 7 heteroatoms. The Labute approximate surface area is 117 Å². The van der Waals surface area contributed by atoms with Crippen molar-refractivity contribution in [2.24, 2.45) is 0 Å². The smallest absolute Gasteiger partial charge is 0.417 e. The molecule has 21 heavy (non-hydrogen) atoms. The van der Waals surface area contributed by atoms with Crippen LogP contribution in [0.25, 0.3) is 11.3 Å².